The number of nitrogens with zero attached hydrogens (tertiary/aromatic N) is 4. The number of allylic oxidation sites excluding steroid dienone is 3. The molecule has 9 nitrogen and oxygen atoms in total. The summed E-state index contributed by atoms with van der Waals surface area (Å²) in [5.74, 6) is 1.06. The van der Waals surface area contributed by atoms with Crippen LogP contribution in [0.2, 0.25) is 0 Å². The summed E-state index contributed by atoms with van der Waals surface area (Å²) in [6.07, 6.45) is 8.81. The second-order valence-electron chi connectivity index (χ2n) is 12.0. The number of fused-ring (bicyclic) bond motifs is 1. The third-order valence-electron chi connectivity index (χ3n) is 8.99. The minimum absolute atomic E-state index is 0.00245. The Morgan fingerprint density at radius 3 is 2.84 bits per heavy atom. The van der Waals surface area contributed by atoms with Crippen molar-refractivity contribution >= 4 is 11.5 Å². The van der Waals surface area contributed by atoms with Crippen LogP contribution in [-0.4, -0.2) is 63.7 Å². The van der Waals surface area contributed by atoms with Crippen LogP contribution in [0.15, 0.2) is 53.9 Å². The molecule has 0 radical (unpaired) electrons. The Morgan fingerprint density at radius 1 is 1.16 bits per heavy atom. The second-order valence-corrected chi connectivity index (χ2v) is 12.0. The third-order valence-corrected chi connectivity index (χ3v) is 8.99. The van der Waals surface area contributed by atoms with Gasteiger partial charge >= 0.3 is 5.97 Å². The van der Waals surface area contributed by atoms with Crippen LogP contribution < -0.4 is 4.74 Å². The van der Waals surface area contributed by atoms with E-state index in [-0.39, 0.29) is 11.4 Å². The van der Waals surface area contributed by atoms with Gasteiger partial charge in [-0.15, -0.1) is 0 Å². The van der Waals surface area contributed by atoms with Crippen LogP contribution in [0, 0.1) is 12.8 Å². The summed E-state index contributed by atoms with van der Waals surface area (Å²) in [6, 6.07) is 10.2. The number of hydrogen-bond donors (Lipinski definition) is 1. The highest BCUT2D eigenvalue weighted by atomic mass is 16.5. The number of carboxylic acids is 1. The van der Waals surface area contributed by atoms with E-state index in [9.17, 15) is 9.90 Å². The summed E-state index contributed by atoms with van der Waals surface area (Å²) in [7, 11) is 0. The molecule has 9 heteroatoms. The summed E-state index contributed by atoms with van der Waals surface area (Å²) in [5, 5.41) is 13.9. The highest BCUT2D eigenvalue weighted by Gasteiger charge is 2.25. The number of carboxylic acid groups (broad SMARTS) is 1. The van der Waals surface area contributed by atoms with Crippen molar-refractivity contribution in [1.29, 1.82) is 0 Å². The Morgan fingerprint density at radius 2 is 2.05 bits per heavy atom. The number of aromatic carboxylic acids is 1. The lowest BCUT2D eigenvalue weighted by molar-refractivity contribution is 0.0364. The quantitative estimate of drug-likeness (QED) is 0.298. The number of pyridine rings is 1. The van der Waals surface area contributed by atoms with Crippen molar-refractivity contribution in [2.45, 2.75) is 66.0 Å². The van der Waals surface area contributed by atoms with Crippen molar-refractivity contribution in [2.75, 3.05) is 32.9 Å². The SMILES string of the molecule is CCOc1c(C(=O)O)cnn1-c1cccc(C2=CCCC(C)=C2OCc2ccc3c(c2C)CCN(C[C@@H]2CCCOC2)C3)n1. The Balaban J connectivity index is 1.18. The first kappa shape index (κ1) is 30.1. The average Bonchev–Trinajstić information content (AvgIpc) is 3.46. The summed E-state index contributed by atoms with van der Waals surface area (Å²) >= 11 is 0. The summed E-state index contributed by atoms with van der Waals surface area (Å²) in [4.78, 5) is 19.2. The minimum atomic E-state index is -1.09. The predicted molar refractivity (Wildman–Crippen MR) is 168 cm³/mol. The number of carbonyl (C=O) groups is 1. The van der Waals surface area contributed by atoms with Crippen molar-refractivity contribution in [3.05, 3.63) is 87.4 Å². The summed E-state index contributed by atoms with van der Waals surface area (Å²) in [5.41, 5.74) is 8.32. The van der Waals surface area contributed by atoms with Gasteiger partial charge in [0, 0.05) is 31.8 Å². The highest BCUT2D eigenvalue weighted by Crippen LogP contribution is 2.35. The van der Waals surface area contributed by atoms with E-state index in [1.165, 1.54) is 51.5 Å². The molecule has 1 saturated heterocycles. The van der Waals surface area contributed by atoms with E-state index < -0.39 is 5.97 Å². The standard InChI is InChI=1S/C35H42N4O5/c1-4-43-34-30(35(40)41)18-36-39(34)32-12-6-11-31(37-32)29-10-5-8-23(2)33(29)44-22-27-14-13-26-20-38(16-15-28(26)24(27)3)19-25-9-7-17-42-21-25/h6,10-14,18,25H,4-5,7-9,15-17,19-22H2,1-3H3,(H,40,41)/t25-/m0/s1. The zero-order valence-corrected chi connectivity index (χ0v) is 26.0. The van der Waals surface area contributed by atoms with Gasteiger partial charge in [-0.2, -0.15) is 9.78 Å². The molecule has 1 aromatic carbocycles. The lowest BCUT2D eigenvalue weighted by Gasteiger charge is -2.34. The first-order valence-corrected chi connectivity index (χ1v) is 15.8. The molecular weight excluding hydrogens is 556 g/mol. The molecule has 2 aromatic heterocycles. The van der Waals surface area contributed by atoms with Crippen molar-refractivity contribution in [3.8, 4) is 11.7 Å². The Labute approximate surface area is 259 Å². The fourth-order valence-corrected chi connectivity index (χ4v) is 6.63. The van der Waals surface area contributed by atoms with Crippen LogP contribution in [0.5, 0.6) is 5.88 Å². The van der Waals surface area contributed by atoms with Crippen LogP contribution in [0.25, 0.3) is 11.4 Å². The van der Waals surface area contributed by atoms with Gasteiger partial charge in [0.15, 0.2) is 5.82 Å². The van der Waals surface area contributed by atoms with Gasteiger partial charge in [-0.25, -0.2) is 9.78 Å². The van der Waals surface area contributed by atoms with E-state index in [4.69, 9.17) is 19.2 Å². The van der Waals surface area contributed by atoms with E-state index in [1.807, 2.05) is 19.1 Å². The Kier molecular flexibility index (Phi) is 9.14. The molecule has 0 saturated carbocycles. The monoisotopic (exact) mass is 598 g/mol. The first-order valence-electron chi connectivity index (χ1n) is 15.8. The van der Waals surface area contributed by atoms with Gasteiger partial charge in [0.25, 0.3) is 0 Å². The molecule has 1 fully saturated rings. The Hall–Kier alpha value is -3.95. The van der Waals surface area contributed by atoms with Crippen LogP contribution >= 0.6 is 0 Å². The van der Waals surface area contributed by atoms with Crippen LogP contribution in [0.1, 0.15) is 77.8 Å². The molecular formula is C35H42N4O5. The smallest absolute Gasteiger partial charge is 0.342 e. The van der Waals surface area contributed by atoms with Gasteiger partial charge in [-0.3, -0.25) is 4.90 Å². The van der Waals surface area contributed by atoms with E-state index in [0.717, 1.165) is 69.1 Å². The van der Waals surface area contributed by atoms with Crippen LogP contribution in [0.3, 0.4) is 0 Å². The van der Waals surface area contributed by atoms with Crippen LogP contribution in [-0.2, 0) is 29.0 Å². The van der Waals surface area contributed by atoms with Gasteiger partial charge in [-0.05, 0) is 98.8 Å². The Bertz CT molecular complexity index is 1580. The van der Waals surface area contributed by atoms with Crippen molar-refractivity contribution in [2.24, 2.45) is 5.92 Å². The van der Waals surface area contributed by atoms with Crippen LogP contribution in [0.4, 0.5) is 0 Å². The van der Waals surface area contributed by atoms with Gasteiger partial charge < -0.3 is 19.3 Å². The maximum atomic E-state index is 11.7. The molecule has 44 heavy (non-hydrogen) atoms. The molecule has 1 N–H and O–H groups in total. The molecule has 3 aliphatic rings. The zero-order valence-electron chi connectivity index (χ0n) is 26.0. The van der Waals surface area contributed by atoms with E-state index in [0.29, 0.717) is 24.9 Å². The molecule has 2 aliphatic heterocycles. The molecule has 1 aliphatic carbocycles. The molecule has 1 atom stereocenters. The van der Waals surface area contributed by atoms with Crippen molar-refractivity contribution < 1.29 is 24.1 Å². The largest absolute Gasteiger partial charge is 0.488 e. The molecule has 0 amide bonds. The maximum absolute atomic E-state index is 11.7. The normalized spacial score (nSPS) is 19.0. The lowest BCUT2D eigenvalue weighted by atomic mass is 9.91. The number of rotatable bonds is 10. The lowest BCUT2D eigenvalue weighted by Crippen LogP contribution is -2.37. The topological polar surface area (TPSA) is 98.9 Å². The fourth-order valence-electron chi connectivity index (χ4n) is 6.63. The third kappa shape index (κ3) is 6.30. The predicted octanol–water partition coefficient (Wildman–Crippen LogP) is 6.13. The number of aromatic nitrogens is 3. The second kappa shape index (κ2) is 13.4. The average molecular weight is 599 g/mol. The molecule has 232 valence electrons. The van der Waals surface area contributed by atoms with Crippen molar-refractivity contribution in [1.82, 2.24) is 19.7 Å². The number of hydrogen-bond acceptors (Lipinski definition) is 7. The molecule has 0 spiro atoms. The molecule has 0 unspecified atom stereocenters. The van der Waals surface area contributed by atoms with Gasteiger partial charge in [0.1, 0.15) is 17.9 Å². The molecule has 3 aromatic rings. The maximum Gasteiger partial charge on any atom is 0.342 e. The van der Waals surface area contributed by atoms with Gasteiger partial charge in [0.05, 0.1) is 25.1 Å². The fraction of sp³-hybridized carbons (Fsp3) is 0.457. The van der Waals surface area contributed by atoms with Gasteiger partial charge in [0.2, 0.25) is 5.88 Å². The van der Waals surface area contributed by atoms with E-state index in [2.05, 4.69) is 42.1 Å². The summed E-state index contributed by atoms with van der Waals surface area (Å²) in [6.45, 7) is 12.0. The number of benzene rings is 1. The van der Waals surface area contributed by atoms with Crippen molar-refractivity contribution in [3.63, 3.8) is 0 Å². The summed E-state index contributed by atoms with van der Waals surface area (Å²) < 4.78 is 19.4. The van der Waals surface area contributed by atoms with E-state index in [1.54, 1.807) is 6.07 Å². The highest BCUT2D eigenvalue weighted by molar-refractivity contribution is 5.90. The number of ether oxygens (including phenoxy) is 3. The van der Waals surface area contributed by atoms with E-state index >= 15 is 0 Å². The zero-order chi connectivity index (χ0) is 30.6. The molecule has 0 bridgehead atoms. The van der Waals surface area contributed by atoms with Gasteiger partial charge in [-0.1, -0.05) is 24.3 Å². The molecule has 6 rings (SSSR count). The minimum Gasteiger partial charge on any atom is -0.488 e. The molecule has 4 heterocycles. The first-order chi connectivity index (χ1) is 21.4.